The third-order valence-electron chi connectivity index (χ3n) is 21.3. The van der Waals surface area contributed by atoms with Crippen molar-refractivity contribution in [2.45, 2.75) is 150 Å². The molecule has 1 fully saturated rings. The van der Waals surface area contributed by atoms with Crippen LogP contribution in [0, 0.1) is 168 Å². The van der Waals surface area contributed by atoms with Crippen molar-refractivity contribution in [3.8, 4) is 17.9 Å². The smallest absolute Gasteiger partial charge is 0.335 e. The Morgan fingerprint density at radius 3 is 1.26 bits per heavy atom. The lowest BCUT2D eigenvalue weighted by molar-refractivity contribution is 0.0693. The fraction of sp³-hybridized carbons (Fsp3) is 0.248. The molecule has 14 aromatic carbocycles. The summed E-state index contributed by atoms with van der Waals surface area (Å²) >= 11 is 5.77. The Kier molecular flexibility index (Phi) is 60.9. The van der Waals surface area contributed by atoms with E-state index < -0.39 is 33.1 Å². The van der Waals surface area contributed by atoms with E-state index in [0.29, 0.717) is 34.8 Å². The normalized spacial score (nSPS) is 10.7. The summed E-state index contributed by atoms with van der Waals surface area (Å²) in [7, 11) is 5.39. The van der Waals surface area contributed by atoms with Gasteiger partial charge < -0.3 is 30.1 Å². The summed E-state index contributed by atoms with van der Waals surface area (Å²) in [5.41, 5.74) is 22.5. The molecule has 1 atom stereocenters. The summed E-state index contributed by atoms with van der Waals surface area (Å²) in [4.78, 5) is 59.7. The second-order valence-corrected chi connectivity index (χ2v) is 38.6. The van der Waals surface area contributed by atoms with Crippen LogP contribution in [0.4, 0.5) is 26.3 Å². The number of carboxylic acids is 1. The molecule has 148 heavy (non-hydrogen) atoms. The highest BCUT2D eigenvalue weighted by molar-refractivity contribution is 7.97. The first-order valence-electron chi connectivity index (χ1n) is 47.6. The number of hydrogen-bond donors (Lipinski definition) is 3. The minimum Gasteiger partial charge on any atom is -0.508 e. The van der Waals surface area contributed by atoms with Gasteiger partial charge in [-0.15, -0.1) is 0 Å². The van der Waals surface area contributed by atoms with Gasteiger partial charge in [-0.1, -0.05) is 232 Å². The van der Waals surface area contributed by atoms with Gasteiger partial charge >= 0.3 is 5.97 Å². The standard InChI is InChI=1S/C13H17NO.C12H18N2O.C11H17NOS.C9H9ClO.2C9H9FO.C9H12.C8H7FO2.2C8H7N.C8H10O.3C7H7F/c1-11-5-7-12(8-6-11)13(15)14-9-3-2-4-10-14;1-10-4-6-11(7-5-10)12(15)13-8-9-14(2)3;1-10-5-7-11(8-6-10)9-12(2)14(3,4)13;2*1-6-3-4-9(10)8(5-6)7(2)11;1-6-3-4-8(7(2)11)9(10)5-6;1-7-4-5-8(2)9(3)6-7;1-5-2-6(8(10)11)4-7(9)3-5;1-7-2-4-8(6-9)5-3-7;1-7-3-2-4-8(5-7)6-9;1-7-3-5-8(9-2)6-4-7;1-6-2-4-7(8)5-3-6;1-6-3-2-4-7(8)5-6;1-6-4-2-3-5-7(6)8/h5-8H,2-4,9-10H2,1H3;4-7H,8-9H2,1-3H3,(H,13,15);5-8H,3,9H2,1-2,4H3;2*3-5H,1-2H3;3-5,11H,2H2,1H3;4-6H,1-3H3;2-4H,1H3,(H,10,11);2*2-5H,1H3;3-6H,1-2H3;3*2-5H,1H3. The Morgan fingerprint density at radius 1 is 0.412 bits per heavy atom. The molecule has 1 unspecified atom stereocenters. The van der Waals surface area contributed by atoms with E-state index in [2.05, 4.69) is 107 Å². The Balaban J connectivity index is 0.000000541. The number of nitrogens with one attached hydrogen (secondary N) is 1. The highest BCUT2D eigenvalue weighted by Gasteiger charge is 2.18. The summed E-state index contributed by atoms with van der Waals surface area (Å²) in [5, 5.41) is 37.5. The number of piperidine rings is 1. The van der Waals surface area contributed by atoms with E-state index >= 15 is 0 Å². The number of likely N-dealkylation sites (N-methyl/N-ethyl adjacent to an activating group) is 1. The molecule has 14 aromatic rings. The van der Waals surface area contributed by atoms with Crippen LogP contribution in [0.15, 0.2) is 316 Å². The maximum atomic E-state index is 12.9. The molecule has 1 saturated heterocycles. The van der Waals surface area contributed by atoms with Crippen LogP contribution in [0.3, 0.4) is 0 Å². The van der Waals surface area contributed by atoms with Gasteiger partial charge in [-0.05, 0) is 361 Å². The monoisotopic (exact) mass is 2050 g/mol. The molecule has 0 spiro atoms. The van der Waals surface area contributed by atoms with Gasteiger partial charge in [-0.3, -0.25) is 23.4 Å². The number of aliphatic hydroxyl groups excluding tert-OH is 1. The van der Waals surface area contributed by atoms with Crippen molar-refractivity contribution in [2.24, 2.45) is 0 Å². The third kappa shape index (κ3) is 56.4. The van der Waals surface area contributed by atoms with Crippen molar-refractivity contribution in [3.05, 3.63) is 495 Å². The molecule has 0 saturated carbocycles. The van der Waals surface area contributed by atoms with E-state index in [1.165, 1.54) is 125 Å². The van der Waals surface area contributed by atoms with E-state index in [-0.39, 0.29) is 63.3 Å². The number of aromatic carboxylic acids is 1. The zero-order valence-electron chi connectivity index (χ0n) is 89.6. The molecule has 1 aliphatic rings. The first kappa shape index (κ1) is 129. The average molecular weight is 2060 g/mol. The predicted octanol–water partition coefficient (Wildman–Crippen LogP) is 30.0. The number of ketones is 2. The molecule has 0 aromatic heterocycles. The van der Waals surface area contributed by atoms with Crippen molar-refractivity contribution >= 4 is 62.3 Å². The van der Waals surface area contributed by atoms with Crippen LogP contribution in [-0.4, -0.2) is 124 Å². The van der Waals surface area contributed by atoms with Crippen LogP contribution in [-0.2, 0) is 16.3 Å². The molecule has 3 N–H and O–H groups in total. The van der Waals surface area contributed by atoms with Gasteiger partial charge in [0.2, 0.25) is 0 Å². The fourth-order valence-electron chi connectivity index (χ4n) is 12.4. The zero-order valence-corrected chi connectivity index (χ0v) is 91.1. The Hall–Kier alpha value is -15.0. The van der Waals surface area contributed by atoms with Crippen molar-refractivity contribution in [2.75, 3.05) is 60.7 Å². The molecule has 0 bridgehead atoms. The number of hydrogen-bond acceptors (Lipinski definition) is 11. The Labute approximate surface area is 880 Å². The third-order valence-corrected chi connectivity index (χ3v) is 23.1. The molecule has 782 valence electrons. The number of carbonyl (C=O) groups is 5. The summed E-state index contributed by atoms with van der Waals surface area (Å²) in [5.74, 6) is 1.34. The number of aliphatic hydroxyl groups is 1. The number of ether oxygens (including phenoxy) is 1. The zero-order chi connectivity index (χ0) is 111. The first-order valence-corrected chi connectivity index (χ1v) is 50.1. The van der Waals surface area contributed by atoms with Gasteiger partial charge in [-0.25, -0.2) is 35.4 Å². The molecule has 23 heteroatoms. The number of nitrogens with zero attached hydrogens (tertiary/aromatic N) is 5. The van der Waals surface area contributed by atoms with Gasteiger partial charge in [0, 0.05) is 65.4 Å². The number of benzene rings is 14. The Morgan fingerprint density at radius 2 is 0.851 bits per heavy atom. The fourth-order valence-corrected chi connectivity index (χ4v) is 13.1. The summed E-state index contributed by atoms with van der Waals surface area (Å²) < 4.78 is 93.1. The number of methoxy groups -OCH3 is 1. The number of likely N-dealkylation sites (tertiary alicyclic amines) is 1. The number of halogens is 7. The van der Waals surface area contributed by atoms with Crippen LogP contribution < -0.4 is 10.1 Å². The minimum atomic E-state index is -2.08. The van der Waals surface area contributed by atoms with Crippen molar-refractivity contribution in [1.29, 1.82) is 10.5 Å². The average Bonchev–Trinajstić information content (AvgIpc) is 0.860. The van der Waals surface area contributed by atoms with Crippen molar-refractivity contribution < 1.29 is 69.5 Å². The summed E-state index contributed by atoms with van der Waals surface area (Å²) in [6.07, 6.45) is 5.22. The number of carboxylic acid groups (broad SMARTS) is 1. The number of carbonyl (C=O) groups excluding carboxylic acids is 4. The number of rotatable bonds is 13. The van der Waals surface area contributed by atoms with Gasteiger partial charge in [-0.2, -0.15) is 10.5 Å². The molecule has 1 heterocycles. The second-order valence-electron chi connectivity index (χ2n) is 35.6. The van der Waals surface area contributed by atoms with E-state index in [1.807, 2.05) is 220 Å². The van der Waals surface area contributed by atoms with Crippen LogP contribution in [0.2, 0.25) is 5.02 Å². The highest BCUT2D eigenvalue weighted by atomic mass is 35.5. The lowest BCUT2D eigenvalue weighted by Gasteiger charge is -2.26. The van der Waals surface area contributed by atoms with Gasteiger partial charge in [0.05, 0.1) is 52.1 Å². The van der Waals surface area contributed by atoms with Crippen LogP contribution >= 0.6 is 11.6 Å². The van der Waals surface area contributed by atoms with Crippen LogP contribution in [0.25, 0.3) is 5.76 Å². The maximum absolute atomic E-state index is 12.9. The molecular weight excluding hydrogens is 1910 g/mol. The van der Waals surface area contributed by atoms with Gasteiger partial charge in [0.25, 0.3) is 11.8 Å². The number of Topliss-reactive ketones (excluding diaryl/α,β-unsaturated/α-hetero) is 2. The molecular formula is C125H143ClF6N6O9S. The highest BCUT2D eigenvalue weighted by Crippen LogP contribution is 2.21. The van der Waals surface area contributed by atoms with Gasteiger partial charge in [0.15, 0.2) is 11.6 Å². The topological polar surface area (TPSA) is 221 Å². The molecule has 15 rings (SSSR count). The van der Waals surface area contributed by atoms with Gasteiger partial charge in [0.1, 0.15) is 46.4 Å². The minimum absolute atomic E-state index is 0.00292. The molecule has 0 radical (unpaired) electrons. The Bertz CT molecular complexity index is 6530. The lowest BCUT2D eigenvalue weighted by Crippen LogP contribution is -2.35. The summed E-state index contributed by atoms with van der Waals surface area (Å²) in [6, 6.07) is 95.1. The number of nitriles is 2. The van der Waals surface area contributed by atoms with E-state index in [1.54, 1.807) is 105 Å². The number of aryl methyl sites for hydroxylation is 16. The van der Waals surface area contributed by atoms with E-state index in [9.17, 15) is 54.5 Å². The number of amides is 2. The maximum Gasteiger partial charge on any atom is 0.335 e. The van der Waals surface area contributed by atoms with Crippen molar-refractivity contribution in [3.63, 3.8) is 0 Å². The molecule has 1 aliphatic heterocycles. The lowest BCUT2D eigenvalue weighted by atomic mass is 10.1. The SMILES string of the molecule is C=C(O)c1ccc(C)cc1F.C=S(C)(=O)N(C)Cc1ccc(C)cc1.CC(=O)c1cc(C)ccc1Cl.CC(=O)c1cc(C)ccc1F.COc1ccc(C)cc1.Cc1cc(F)cc(C(=O)O)c1.Cc1ccc(C#N)cc1.Cc1ccc(C(=O)N2CCCCC2)cc1.Cc1ccc(C(=O)NCCN(C)C)cc1.Cc1ccc(C)c(C)c1.Cc1ccc(F)cc1.Cc1cccc(C#N)c1.Cc1cccc(F)c1.Cc1ccccc1F. The molecule has 15 nitrogen and oxygen atoms in total. The summed E-state index contributed by atoms with van der Waals surface area (Å²) in [6.45, 7) is 41.4. The largest absolute Gasteiger partial charge is 0.508 e. The second kappa shape index (κ2) is 69.9. The first-order chi connectivity index (χ1) is 69.7. The quantitative estimate of drug-likeness (QED) is 0.0425. The predicted molar refractivity (Wildman–Crippen MR) is 599 cm³/mol. The van der Waals surface area contributed by atoms with E-state index in [4.69, 9.17) is 37.1 Å². The van der Waals surface area contributed by atoms with Crippen LogP contribution in [0.5, 0.6) is 5.75 Å². The van der Waals surface area contributed by atoms with Crippen LogP contribution in [0.1, 0.15) is 196 Å². The molecule has 0 aliphatic carbocycles. The van der Waals surface area contributed by atoms with E-state index in [0.717, 1.165) is 105 Å². The molecule has 2 amide bonds. The van der Waals surface area contributed by atoms with Crippen molar-refractivity contribution in [1.82, 2.24) is 19.4 Å².